The molecule has 0 unspecified atom stereocenters. The van der Waals surface area contributed by atoms with Crippen molar-refractivity contribution >= 4 is 23.3 Å². The first kappa shape index (κ1) is 14.0. The van der Waals surface area contributed by atoms with E-state index < -0.39 is 11.7 Å². The zero-order valence-corrected chi connectivity index (χ0v) is 10.9. The number of carbonyl (C=O) groups excluding carboxylic acids is 1. The lowest BCUT2D eigenvalue weighted by atomic mass is 10.2. The number of amides is 1. The molecule has 4 N–H and O–H groups in total. The second-order valence-electron chi connectivity index (χ2n) is 4.45. The number of ether oxygens (including phenoxy) is 1. The maximum atomic E-state index is 13.0. The number of methoxy groups -OCH3 is 1. The number of hydrogen-bond acceptors (Lipinski definition) is 4. The number of hydrogen-bond donors (Lipinski definition) is 3. The number of nitrogens with one attached hydrogen (secondary N) is 2. The minimum Gasteiger partial charge on any atom is -0.477 e. The van der Waals surface area contributed by atoms with Crippen LogP contribution in [0.5, 0.6) is 0 Å². The lowest BCUT2D eigenvalue weighted by Crippen LogP contribution is -2.34. The van der Waals surface area contributed by atoms with Crippen LogP contribution in [0.1, 0.15) is 18.4 Å². The Hall–Kier alpha value is -2.44. The fourth-order valence-electron chi connectivity index (χ4n) is 1.52. The highest BCUT2D eigenvalue weighted by atomic mass is 19.1. The van der Waals surface area contributed by atoms with Gasteiger partial charge in [0.15, 0.2) is 5.84 Å². The Kier molecular flexibility index (Phi) is 3.97. The fraction of sp³-hybridized carbons (Fsp3) is 0.308. The van der Waals surface area contributed by atoms with Crippen LogP contribution in [0.15, 0.2) is 23.2 Å². The summed E-state index contributed by atoms with van der Waals surface area (Å²) in [6, 6.07) is 3.96. The first-order valence-electron chi connectivity index (χ1n) is 6.08. The highest BCUT2D eigenvalue weighted by molar-refractivity contribution is 6.37. The van der Waals surface area contributed by atoms with Gasteiger partial charge in [0.05, 0.1) is 12.8 Å². The number of amidine groups is 1. The molecule has 0 saturated heterocycles. The first-order valence-corrected chi connectivity index (χ1v) is 6.08. The van der Waals surface area contributed by atoms with Gasteiger partial charge in [0.1, 0.15) is 5.82 Å². The van der Waals surface area contributed by atoms with Crippen molar-refractivity contribution in [1.82, 2.24) is 5.32 Å². The quantitative estimate of drug-likeness (QED) is 0.428. The maximum Gasteiger partial charge on any atom is 0.306 e. The summed E-state index contributed by atoms with van der Waals surface area (Å²) in [7, 11) is 1.30. The number of nitrogen functional groups attached to an aromatic ring is 1. The van der Waals surface area contributed by atoms with Crippen LogP contribution < -0.4 is 11.1 Å². The molecule has 1 aliphatic rings. The van der Waals surface area contributed by atoms with E-state index in [1.54, 1.807) is 0 Å². The monoisotopic (exact) mass is 278 g/mol. The van der Waals surface area contributed by atoms with Crippen LogP contribution in [0.2, 0.25) is 0 Å². The predicted octanol–water partition coefficient (Wildman–Crippen LogP) is 1.06. The van der Waals surface area contributed by atoms with E-state index in [2.05, 4.69) is 10.3 Å². The minimum absolute atomic E-state index is 0.0798. The fourth-order valence-corrected chi connectivity index (χ4v) is 1.52. The number of rotatable bonds is 2. The summed E-state index contributed by atoms with van der Waals surface area (Å²) in [6.07, 6.45) is 1.88. The van der Waals surface area contributed by atoms with E-state index in [1.165, 1.54) is 19.2 Å². The zero-order valence-electron chi connectivity index (χ0n) is 10.9. The van der Waals surface area contributed by atoms with Crippen molar-refractivity contribution < 1.29 is 13.9 Å². The van der Waals surface area contributed by atoms with Crippen LogP contribution in [0.25, 0.3) is 0 Å². The molecule has 0 aliphatic heterocycles. The third-order valence-corrected chi connectivity index (χ3v) is 2.78. The molecule has 1 aromatic carbocycles. The Bertz CT molecular complexity index is 582. The Morgan fingerprint density at radius 1 is 1.55 bits per heavy atom. The second kappa shape index (κ2) is 5.68. The summed E-state index contributed by atoms with van der Waals surface area (Å²) in [4.78, 5) is 15.6. The third kappa shape index (κ3) is 3.31. The molecule has 1 aliphatic carbocycles. The van der Waals surface area contributed by atoms with Crippen molar-refractivity contribution in [3.05, 3.63) is 29.6 Å². The van der Waals surface area contributed by atoms with Gasteiger partial charge < -0.3 is 15.8 Å². The number of carbonyl (C=O) groups is 1. The highest BCUT2D eigenvalue weighted by Gasteiger charge is 2.26. The molecule has 1 amide bonds. The van der Waals surface area contributed by atoms with Gasteiger partial charge in [0.25, 0.3) is 5.90 Å². The summed E-state index contributed by atoms with van der Waals surface area (Å²) >= 11 is 0. The highest BCUT2D eigenvalue weighted by Crippen LogP contribution is 2.18. The summed E-state index contributed by atoms with van der Waals surface area (Å²) in [5.74, 6) is -1.46. The van der Waals surface area contributed by atoms with Gasteiger partial charge in [-0.3, -0.25) is 10.2 Å². The van der Waals surface area contributed by atoms with E-state index in [0.717, 1.165) is 18.9 Å². The standard InChI is InChI=1S/C13H15FN4O2/c1-20-13(12(19)17-8-3-4-8)18-11(16)7-2-5-9(14)10(15)6-7/h2,5-6,8,16H,3-4,15H2,1H3,(H,17,19). The average Bonchev–Trinajstić information content (AvgIpc) is 3.22. The van der Waals surface area contributed by atoms with E-state index >= 15 is 0 Å². The minimum atomic E-state index is -0.566. The lowest BCUT2D eigenvalue weighted by Gasteiger charge is -2.06. The summed E-state index contributed by atoms with van der Waals surface area (Å²) in [5.41, 5.74) is 5.65. The van der Waals surface area contributed by atoms with Crippen LogP contribution in [-0.4, -0.2) is 30.8 Å². The maximum absolute atomic E-state index is 13.0. The largest absolute Gasteiger partial charge is 0.477 e. The van der Waals surface area contributed by atoms with Gasteiger partial charge in [-0.25, -0.2) is 4.39 Å². The first-order chi connectivity index (χ1) is 9.51. The number of nitrogens with two attached hydrogens (primary N) is 1. The number of aliphatic imine (C=N–C) groups is 1. The molecule has 1 fully saturated rings. The van der Waals surface area contributed by atoms with Crippen LogP contribution in [0, 0.1) is 11.2 Å². The van der Waals surface area contributed by atoms with E-state index in [9.17, 15) is 9.18 Å². The van der Waals surface area contributed by atoms with Crippen LogP contribution >= 0.6 is 0 Å². The lowest BCUT2D eigenvalue weighted by molar-refractivity contribution is -0.116. The van der Waals surface area contributed by atoms with Crippen molar-refractivity contribution in [2.75, 3.05) is 12.8 Å². The predicted molar refractivity (Wildman–Crippen MR) is 73.2 cm³/mol. The van der Waals surface area contributed by atoms with E-state index in [1.807, 2.05) is 0 Å². The van der Waals surface area contributed by atoms with Crippen LogP contribution in [0.4, 0.5) is 10.1 Å². The zero-order chi connectivity index (χ0) is 14.7. The van der Waals surface area contributed by atoms with E-state index in [4.69, 9.17) is 15.9 Å². The van der Waals surface area contributed by atoms with Crippen molar-refractivity contribution in [2.24, 2.45) is 4.99 Å². The number of anilines is 1. The van der Waals surface area contributed by atoms with Gasteiger partial charge in [0, 0.05) is 11.6 Å². The van der Waals surface area contributed by atoms with Gasteiger partial charge in [0.2, 0.25) is 0 Å². The molecule has 0 atom stereocenters. The average molecular weight is 278 g/mol. The molecule has 0 bridgehead atoms. The van der Waals surface area contributed by atoms with Crippen LogP contribution in [-0.2, 0) is 9.53 Å². The normalized spacial score (nSPS) is 14.8. The van der Waals surface area contributed by atoms with Crippen molar-refractivity contribution in [3.63, 3.8) is 0 Å². The summed E-state index contributed by atoms with van der Waals surface area (Å²) < 4.78 is 17.9. The molecule has 0 heterocycles. The van der Waals surface area contributed by atoms with Gasteiger partial charge in [-0.05, 0) is 31.0 Å². The summed E-state index contributed by atoms with van der Waals surface area (Å²) in [6.45, 7) is 0. The molecular formula is C13H15FN4O2. The van der Waals surface area contributed by atoms with Crippen molar-refractivity contribution in [2.45, 2.75) is 18.9 Å². The molecule has 20 heavy (non-hydrogen) atoms. The molecule has 0 radical (unpaired) electrons. The Balaban J connectivity index is 2.15. The summed E-state index contributed by atoms with van der Waals surface area (Å²) in [5, 5.41) is 10.5. The molecule has 1 aromatic rings. The number of halogens is 1. The second-order valence-corrected chi connectivity index (χ2v) is 4.45. The molecule has 6 nitrogen and oxygen atoms in total. The third-order valence-electron chi connectivity index (χ3n) is 2.78. The molecule has 0 spiro atoms. The van der Waals surface area contributed by atoms with Crippen molar-refractivity contribution in [1.29, 1.82) is 5.41 Å². The van der Waals surface area contributed by atoms with Gasteiger partial charge in [-0.1, -0.05) is 0 Å². The van der Waals surface area contributed by atoms with Gasteiger partial charge >= 0.3 is 5.91 Å². The molecule has 1 saturated carbocycles. The Labute approximate surface area is 115 Å². The van der Waals surface area contributed by atoms with E-state index in [0.29, 0.717) is 5.56 Å². The number of nitrogens with zero attached hydrogens (tertiary/aromatic N) is 1. The Morgan fingerprint density at radius 2 is 2.25 bits per heavy atom. The van der Waals surface area contributed by atoms with Crippen molar-refractivity contribution in [3.8, 4) is 0 Å². The topological polar surface area (TPSA) is 101 Å². The SMILES string of the molecule is COC(=NC(=N)c1ccc(F)c(N)c1)C(=O)NC1CC1. The molecule has 106 valence electrons. The molecule has 7 heteroatoms. The molecule has 2 rings (SSSR count). The molecule has 0 aromatic heterocycles. The van der Waals surface area contributed by atoms with Gasteiger partial charge in [-0.15, -0.1) is 0 Å². The number of benzene rings is 1. The van der Waals surface area contributed by atoms with Crippen LogP contribution in [0.3, 0.4) is 0 Å². The van der Waals surface area contributed by atoms with Gasteiger partial charge in [-0.2, -0.15) is 4.99 Å². The Morgan fingerprint density at radius 3 is 2.80 bits per heavy atom. The molecular weight excluding hydrogens is 263 g/mol. The smallest absolute Gasteiger partial charge is 0.306 e. The van der Waals surface area contributed by atoms with E-state index in [-0.39, 0.29) is 23.5 Å².